The zero-order valence-corrected chi connectivity index (χ0v) is 16.2. The fourth-order valence-electron chi connectivity index (χ4n) is 5.02. The highest BCUT2D eigenvalue weighted by Gasteiger charge is 2.50. The molecule has 0 heterocycles. The average molecular weight is 408 g/mol. The molecule has 4 rings (SSSR count). The van der Waals surface area contributed by atoms with E-state index in [0.717, 1.165) is 0 Å². The van der Waals surface area contributed by atoms with Gasteiger partial charge in [0.1, 0.15) is 23.6 Å². The number of carbonyl (C=O) groups excluding carboxylic acids is 4. The molecule has 7 nitrogen and oxygen atoms in total. The Morgan fingerprint density at radius 2 is 1.87 bits per heavy atom. The highest BCUT2D eigenvalue weighted by atomic mass is 16.3. The fraction of sp³-hybridized carbons (Fsp3) is 0.304. The molecule has 1 fully saturated rings. The van der Waals surface area contributed by atoms with Gasteiger partial charge in [-0.1, -0.05) is 12.1 Å². The Balaban J connectivity index is 1.85. The Bertz CT molecular complexity index is 1100. The molecule has 154 valence electrons. The van der Waals surface area contributed by atoms with Gasteiger partial charge in [-0.2, -0.15) is 0 Å². The number of aliphatic hydroxyl groups excluding tert-OH is 2. The van der Waals surface area contributed by atoms with E-state index in [1.54, 1.807) is 12.1 Å². The first-order chi connectivity index (χ1) is 14.3. The maximum atomic E-state index is 13.3. The molecule has 1 aromatic rings. The second-order valence-corrected chi connectivity index (χ2v) is 7.98. The summed E-state index contributed by atoms with van der Waals surface area (Å²) in [5.41, 5.74) is 0.850. The largest absolute Gasteiger partial charge is 0.511 e. The van der Waals surface area contributed by atoms with Crippen LogP contribution in [0.25, 0.3) is 11.8 Å². The molecule has 0 aromatic heterocycles. The number of fused-ring (bicyclic) bond motifs is 3. The van der Waals surface area contributed by atoms with Crippen molar-refractivity contribution in [1.82, 2.24) is 0 Å². The first-order valence-corrected chi connectivity index (χ1v) is 9.67. The summed E-state index contributed by atoms with van der Waals surface area (Å²) in [5.74, 6) is -4.59. The Hall–Kier alpha value is -3.48. The molecule has 3 N–H and O–H groups in total. The predicted octanol–water partition coefficient (Wildman–Crippen LogP) is 2.62. The zero-order valence-electron chi connectivity index (χ0n) is 16.2. The first kappa shape index (κ1) is 19.8. The van der Waals surface area contributed by atoms with Crippen LogP contribution in [0, 0.1) is 17.8 Å². The molecule has 0 amide bonds. The maximum absolute atomic E-state index is 13.3. The topological polar surface area (TPSA) is 129 Å². The third-order valence-corrected chi connectivity index (χ3v) is 6.25. The highest BCUT2D eigenvalue weighted by Crippen LogP contribution is 2.50. The smallest absolute Gasteiger partial charge is 0.173 e. The van der Waals surface area contributed by atoms with Gasteiger partial charge in [0.15, 0.2) is 17.3 Å². The van der Waals surface area contributed by atoms with Gasteiger partial charge < -0.3 is 15.3 Å². The van der Waals surface area contributed by atoms with Crippen LogP contribution in [0.1, 0.15) is 36.5 Å². The SMILES string of the molecule is CC(=O)C1=C(O)C2C(=O)C3=C(O)c4c(ccc(/C=C/C=O)c4O)CC3CC2CC1=O. The number of carbonyl (C=O) groups is 4. The average Bonchev–Trinajstić information content (AvgIpc) is 2.66. The summed E-state index contributed by atoms with van der Waals surface area (Å²) in [6.45, 7) is 1.17. The van der Waals surface area contributed by atoms with Gasteiger partial charge in [-0.05, 0) is 49.3 Å². The molecule has 1 aromatic carbocycles. The van der Waals surface area contributed by atoms with Gasteiger partial charge in [0.05, 0.1) is 17.1 Å². The molecule has 3 atom stereocenters. The number of phenols is 1. The molecule has 7 heteroatoms. The summed E-state index contributed by atoms with van der Waals surface area (Å²) in [7, 11) is 0. The minimum absolute atomic E-state index is 0.00649. The lowest BCUT2D eigenvalue weighted by molar-refractivity contribution is -0.127. The second kappa shape index (κ2) is 7.09. The van der Waals surface area contributed by atoms with Gasteiger partial charge in [0, 0.05) is 17.6 Å². The Kier molecular flexibility index (Phi) is 4.68. The van der Waals surface area contributed by atoms with Crippen molar-refractivity contribution < 1.29 is 34.5 Å². The number of hydrogen-bond donors (Lipinski definition) is 3. The quantitative estimate of drug-likeness (QED) is 0.398. The van der Waals surface area contributed by atoms with Gasteiger partial charge in [-0.25, -0.2) is 0 Å². The molecule has 0 bridgehead atoms. The van der Waals surface area contributed by atoms with Gasteiger partial charge in [-0.3, -0.25) is 19.2 Å². The number of ketones is 3. The number of benzene rings is 1. The summed E-state index contributed by atoms with van der Waals surface area (Å²) in [4.78, 5) is 48.0. The van der Waals surface area contributed by atoms with Gasteiger partial charge in [-0.15, -0.1) is 0 Å². The zero-order chi connectivity index (χ0) is 21.7. The number of aldehydes is 1. The summed E-state index contributed by atoms with van der Waals surface area (Å²) in [6, 6.07) is 3.35. The molecular formula is C23H20O7. The fourth-order valence-corrected chi connectivity index (χ4v) is 5.02. The van der Waals surface area contributed by atoms with Crippen LogP contribution in [0.5, 0.6) is 5.75 Å². The standard InChI is InChI=1S/C23H20O7/c1-10(25)16-15(26)9-14-8-13-7-12-5-4-11(3-2-6-24)20(27)17(12)22(29)18(13)23(30)19(14)21(16)28/h2-6,13-14,19,27-29H,7-9H2,1H3/b3-2+. The third-order valence-electron chi connectivity index (χ3n) is 6.25. The van der Waals surface area contributed by atoms with E-state index < -0.39 is 34.9 Å². The van der Waals surface area contributed by atoms with E-state index in [0.29, 0.717) is 30.3 Å². The number of phenolic OH excluding ortho intramolecular Hbond substituents is 1. The molecule has 0 radical (unpaired) electrons. The van der Waals surface area contributed by atoms with Crippen molar-refractivity contribution in [2.45, 2.75) is 26.2 Å². The number of Topliss-reactive ketones (excluding diaryl/α,β-unsaturated/α-hetero) is 3. The van der Waals surface area contributed by atoms with E-state index in [9.17, 15) is 34.5 Å². The Morgan fingerprint density at radius 3 is 2.53 bits per heavy atom. The highest BCUT2D eigenvalue weighted by molar-refractivity contribution is 6.21. The van der Waals surface area contributed by atoms with Gasteiger partial charge in [0.25, 0.3) is 0 Å². The summed E-state index contributed by atoms with van der Waals surface area (Å²) < 4.78 is 0. The molecule has 0 aliphatic heterocycles. The van der Waals surface area contributed by atoms with Crippen molar-refractivity contribution in [1.29, 1.82) is 0 Å². The first-order valence-electron chi connectivity index (χ1n) is 9.67. The molecule has 3 aliphatic carbocycles. The molecule has 3 aliphatic rings. The molecule has 3 unspecified atom stereocenters. The van der Waals surface area contributed by atoms with Crippen LogP contribution in [0.4, 0.5) is 0 Å². The molecule has 30 heavy (non-hydrogen) atoms. The van der Waals surface area contributed by atoms with Crippen molar-refractivity contribution >= 4 is 35.5 Å². The Labute approximate surface area is 172 Å². The van der Waals surface area contributed by atoms with Crippen molar-refractivity contribution in [2.24, 2.45) is 17.8 Å². The number of hydrogen-bond acceptors (Lipinski definition) is 7. The van der Waals surface area contributed by atoms with Gasteiger partial charge >= 0.3 is 0 Å². The number of aliphatic hydroxyl groups is 2. The lowest BCUT2D eigenvalue weighted by Crippen LogP contribution is -2.43. The van der Waals surface area contributed by atoms with Crippen molar-refractivity contribution in [3.63, 3.8) is 0 Å². The Morgan fingerprint density at radius 1 is 1.13 bits per heavy atom. The van der Waals surface area contributed by atoms with E-state index in [2.05, 4.69) is 0 Å². The molecule has 0 saturated heterocycles. The predicted molar refractivity (Wildman–Crippen MR) is 107 cm³/mol. The molecule has 1 saturated carbocycles. The lowest BCUT2D eigenvalue weighted by atomic mass is 9.61. The van der Waals surface area contributed by atoms with Crippen molar-refractivity contribution in [3.05, 3.63) is 51.8 Å². The second-order valence-electron chi connectivity index (χ2n) is 7.98. The minimum atomic E-state index is -1.06. The van der Waals surface area contributed by atoms with Crippen LogP contribution in [-0.4, -0.2) is 39.0 Å². The van der Waals surface area contributed by atoms with Crippen LogP contribution >= 0.6 is 0 Å². The van der Waals surface area contributed by atoms with E-state index in [1.165, 1.54) is 19.1 Å². The van der Waals surface area contributed by atoms with Crippen LogP contribution in [0.2, 0.25) is 0 Å². The van der Waals surface area contributed by atoms with E-state index in [-0.39, 0.29) is 40.6 Å². The lowest BCUT2D eigenvalue weighted by Gasteiger charge is -2.41. The summed E-state index contributed by atoms with van der Waals surface area (Å²) >= 11 is 0. The monoisotopic (exact) mass is 408 g/mol. The minimum Gasteiger partial charge on any atom is -0.511 e. The normalized spacial score (nSPS) is 25.8. The number of allylic oxidation sites excluding steroid dienone is 4. The van der Waals surface area contributed by atoms with Crippen molar-refractivity contribution in [2.75, 3.05) is 0 Å². The van der Waals surface area contributed by atoms with Crippen LogP contribution in [-0.2, 0) is 25.6 Å². The third kappa shape index (κ3) is 2.81. The van der Waals surface area contributed by atoms with Crippen molar-refractivity contribution in [3.8, 4) is 5.75 Å². The maximum Gasteiger partial charge on any atom is 0.173 e. The van der Waals surface area contributed by atoms with Crippen LogP contribution < -0.4 is 0 Å². The van der Waals surface area contributed by atoms with Gasteiger partial charge in [0.2, 0.25) is 0 Å². The molecule has 0 spiro atoms. The molecular weight excluding hydrogens is 388 g/mol. The number of rotatable bonds is 3. The summed E-state index contributed by atoms with van der Waals surface area (Å²) in [5, 5.41) is 32.1. The van der Waals surface area contributed by atoms with Crippen LogP contribution in [0.3, 0.4) is 0 Å². The van der Waals surface area contributed by atoms with E-state index in [1.807, 2.05) is 0 Å². The van der Waals surface area contributed by atoms with Crippen LogP contribution in [0.15, 0.2) is 35.1 Å². The van der Waals surface area contributed by atoms with E-state index in [4.69, 9.17) is 0 Å². The van der Waals surface area contributed by atoms with E-state index >= 15 is 0 Å². The summed E-state index contributed by atoms with van der Waals surface area (Å²) in [6.07, 6.45) is 3.93. The number of aromatic hydroxyl groups is 1.